The van der Waals surface area contributed by atoms with Crippen molar-refractivity contribution in [3.05, 3.63) is 78.7 Å². The van der Waals surface area contributed by atoms with Gasteiger partial charge in [-0.25, -0.2) is 4.79 Å². The molecule has 0 radical (unpaired) electrons. The summed E-state index contributed by atoms with van der Waals surface area (Å²) in [6.45, 7) is -2.49. The largest absolute Gasteiger partial charge is 0.506 e. The van der Waals surface area contributed by atoms with E-state index in [9.17, 15) is 51.8 Å². The summed E-state index contributed by atoms with van der Waals surface area (Å²) in [5.41, 5.74) is -2.33. The Balaban J connectivity index is 1.56. The maximum Gasteiger partial charge on any atom is 0.406 e. The number of aromatic amines is 1. The maximum absolute atomic E-state index is 14.2. The van der Waals surface area contributed by atoms with Crippen LogP contribution in [0.2, 0.25) is 10.0 Å². The normalized spacial score (nSPS) is 16.6. The van der Waals surface area contributed by atoms with E-state index in [1.807, 2.05) is 11.1 Å². The monoisotopic (exact) mass is 765 g/mol. The second-order valence-electron chi connectivity index (χ2n) is 11.0. The third-order valence-electron chi connectivity index (χ3n) is 7.86. The van der Waals surface area contributed by atoms with Gasteiger partial charge in [0, 0.05) is 29.4 Å². The molecule has 2 aliphatic rings. The number of carbonyl (C=O) groups excluding carboxylic acids is 2. The van der Waals surface area contributed by atoms with Gasteiger partial charge in [-0.3, -0.25) is 14.5 Å². The molecule has 3 heterocycles. The lowest BCUT2D eigenvalue weighted by molar-refractivity contribution is -0.140. The van der Waals surface area contributed by atoms with Crippen LogP contribution >= 0.6 is 46.6 Å². The number of aromatic hydroxyl groups is 1. The molecule has 5 rings (SSSR count). The van der Waals surface area contributed by atoms with Crippen molar-refractivity contribution in [3.8, 4) is 11.8 Å². The second-order valence-corrected chi connectivity index (χ2v) is 13.3. The van der Waals surface area contributed by atoms with E-state index in [4.69, 9.17) is 34.8 Å². The molecule has 2 aromatic carbocycles. The van der Waals surface area contributed by atoms with Crippen LogP contribution in [0.5, 0.6) is 5.75 Å². The zero-order valence-electron chi connectivity index (χ0n) is 24.8. The van der Waals surface area contributed by atoms with Gasteiger partial charge in [0.05, 0.1) is 40.9 Å². The number of nitriles is 1. The molecule has 10 nitrogen and oxygen atoms in total. The van der Waals surface area contributed by atoms with Gasteiger partial charge in [0.2, 0.25) is 0 Å². The molecular formula is C30H23Cl3F5N5O5S. The summed E-state index contributed by atoms with van der Waals surface area (Å²) >= 11 is 18.5. The quantitative estimate of drug-likeness (QED) is 0.164. The molecule has 2 aliphatic heterocycles. The van der Waals surface area contributed by atoms with Crippen LogP contribution in [-0.2, 0) is 18.5 Å². The highest BCUT2D eigenvalue weighted by atomic mass is 35.5. The summed E-state index contributed by atoms with van der Waals surface area (Å²) < 4.78 is 67.7. The summed E-state index contributed by atoms with van der Waals surface area (Å²) in [6.07, 6.45) is -4.85. The molecule has 0 bridgehead atoms. The Kier molecular flexibility index (Phi) is 10.3. The molecule has 1 atom stereocenters. The van der Waals surface area contributed by atoms with Crippen LogP contribution in [0.4, 0.5) is 32.4 Å². The van der Waals surface area contributed by atoms with Crippen molar-refractivity contribution in [2.75, 3.05) is 24.5 Å². The zero-order chi connectivity index (χ0) is 36.0. The molecule has 1 fully saturated rings. The number of hydrogen-bond donors (Lipinski definition) is 3. The van der Waals surface area contributed by atoms with Crippen molar-refractivity contribution in [2.24, 2.45) is 0 Å². The van der Waals surface area contributed by atoms with Gasteiger partial charge in [-0.2, -0.15) is 27.2 Å². The van der Waals surface area contributed by atoms with Crippen molar-refractivity contribution < 1.29 is 41.8 Å². The number of fused-ring (bicyclic) bond motifs is 1. The Labute approximate surface area is 293 Å². The lowest BCUT2D eigenvalue weighted by atomic mass is 10.0. The van der Waals surface area contributed by atoms with E-state index in [2.05, 4.69) is 0 Å². The van der Waals surface area contributed by atoms with Crippen molar-refractivity contribution in [1.29, 1.82) is 5.26 Å². The first-order valence-corrected chi connectivity index (χ1v) is 16.2. The number of rotatable bonds is 8. The minimum atomic E-state index is -4.66. The highest BCUT2D eigenvalue weighted by Crippen LogP contribution is 2.46. The number of pyridine rings is 1. The molecule has 3 aromatic rings. The third kappa shape index (κ3) is 7.41. The van der Waals surface area contributed by atoms with Gasteiger partial charge in [-0.1, -0.05) is 41.0 Å². The van der Waals surface area contributed by atoms with Gasteiger partial charge in [-0.15, -0.1) is 0 Å². The standard InChI is InChI=1S/C30H23Cl3F5N5O5S/c31-17-3-2-14(12-44)24(32)25(17)49-21-10-22(30(33,37)38)40-26(46)23(21)27(47)43-11-15-8-19(20(45)9-16(15)18(43)4-5-39)42-7-1-6-41(28(42)48)13-29(34,35)36/h2-3,8-10,18,44-45H,1,4,6-7,11-13H2,(H,40,46). The van der Waals surface area contributed by atoms with E-state index in [1.54, 1.807) is 0 Å². The van der Waals surface area contributed by atoms with Crippen LogP contribution in [0, 0.1) is 11.3 Å². The fourth-order valence-corrected chi connectivity index (χ4v) is 7.49. The van der Waals surface area contributed by atoms with Crippen LogP contribution < -0.4 is 10.5 Å². The molecule has 1 aromatic heterocycles. The van der Waals surface area contributed by atoms with Crippen LogP contribution in [0.3, 0.4) is 0 Å². The molecule has 3 N–H and O–H groups in total. The first-order chi connectivity index (χ1) is 22.9. The highest BCUT2D eigenvalue weighted by molar-refractivity contribution is 7.99. The number of nitrogens with one attached hydrogen (secondary N) is 1. The number of halogens is 8. The molecule has 0 spiro atoms. The van der Waals surface area contributed by atoms with Crippen molar-refractivity contribution in [3.63, 3.8) is 0 Å². The van der Waals surface area contributed by atoms with E-state index in [0.717, 1.165) is 15.9 Å². The lowest BCUT2D eigenvalue weighted by Gasteiger charge is -2.36. The number of alkyl halides is 6. The average molecular weight is 767 g/mol. The van der Waals surface area contributed by atoms with E-state index < -0.39 is 65.3 Å². The molecule has 19 heteroatoms. The summed E-state index contributed by atoms with van der Waals surface area (Å²) in [5.74, 6) is -1.53. The van der Waals surface area contributed by atoms with Gasteiger partial charge in [0.15, 0.2) is 0 Å². The first kappa shape index (κ1) is 36.5. The number of amides is 3. The van der Waals surface area contributed by atoms with E-state index in [-0.39, 0.29) is 69.1 Å². The number of nitrogens with zero attached hydrogens (tertiary/aromatic N) is 4. The summed E-state index contributed by atoms with van der Waals surface area (Å²) in [7, 11) is 0. The number of aliphatic hydroxyl groups excluding tert-OH is 1. The van der Waals surface area contributed by atoms with Crippen molar-refractivity contribution >= 4 is 64.2 Å². The SMILES string of the molecule is N#CCC1c2cc(O)c(N3CCCN(CC(F)(F)F)C3=O)cc2CN1C(=O)c1c(Sc2c(Cl)ccc(CO)c2Cl)cc(C(F)(F)Cl)[nH]c1=O. The number of carbonyl (C=O) groups is 2. The lowest BCUT2D eigenvalue weighted by Crippen LogP contribution is -2.52. The number of urea groups is 1. The molecule has 0 saturated carbocycles. The minimum Gasteiger partial charge on any atom is -0.506 e. The number of aliphatic hydroxyl groups is 1. The Morgan fingerprint density at radius 1 is 1.12 bits per heavy atom. The highest BCUT2D eigenvalue weighted by Gasteiger charge is 2.41. The molecular weight excluding hydrogens is 744 g/mol. The van der Waals surface area contributed by atoms with Crippen LogP contribution in [0.25, 0.3) is 0 Å². The Bertz CT molecular complexity index is 1930. The number of hydrogen-bond acceptors (Lipinski definition) is 7. The van der Waals surface area contributed by atoms with Gasteiger partial charge in [0.1, 0.15) is 23.6 Å². The number of H-pyrrole nitrogens is 1. The molecule has 1 unspecified atom stereocenters. The van der Waals surface area contributed by atoms with Gasteiger partial charge in [-0.05, 0) is 59.0 Å². The minimum absolute atomic E-state index is 0.00469. The molecule has 3 amide bonds. The summed E-state index contributed by atoms with van der Waals surface area (Å²) in [4.78, 5) is 44.8. The second kappa shape index (κ2) is 13.9. The fraction of sp³-hybridized carbons (Fsp3) is 0.333. The topological polar surface area (TPSA) is 141 Å². The van der Waals surface area contributed by atoms with Crippen LogP contribution in [-0.4, -0.2) is 62.7 Å². The molecule has 0 aliphatic carbocycles. The zero-order valence-corrected chi connectivity index (χ0v) is 27.8. The van der Waals surface area contributed by atoms with E-state index in [1.165, 1.54) is 24.3 Å². The Morgan fingerprint density at radius 3 is 2.47 bits per heavy atom. The maximum atomic E-state index is 14.2. The number of anilines is 1. The molecule has 260 valence electrons. The van der Waals surface area contributed by atoms with E-state index >= 15 is 0 Å². The number of aromatic nitrogens is 1. The number of phenolic OH excluding ortho intramolecular Hbond substituents is 1. The fourth-order valence-electron chi connectivity index (χ4n) is 5.66. The van der Waals surface area contributed by atoms with Gasteiger partial charge in [0.25, 0.3) is 11.5 Å². The number of phenols is 1. The first-order valence-electron chi connectivity index (χ1n) is 14.2. The van der Waals surface area contributed by atoms with Gasteiger partial charge < -0.3 is 25.0 Å². The molecule has 1 saturated heterocycles. The Morgan fingerprint density at radius 2 is 1.84 bits per heavy atom. The molecule has 49 heavy (non-hydrogen) atoms. The van der Waals surface area contributed by atoms with Crippen LogP contribution in [0.1, 0.15) is 51.6 Å². The summed E-state index contributed by atoms with van der Waals surface area (Å²) in [5, 5.41) is 26.1. The predicted octanol–water partition coefficient (Wildman–Crippen LogP) is 7.12. The summed E-state index contributed by atoms with van der Waals surface area (Å²) in [6, 6.07) is 5.90. The van der Waals surface area contributed by atoms with Crippen LogP contribution in [0.15, 0.2) is 44.9 Å². The third-order valence-corrected chi connectivity index (χ3v) is 10.2. The average Bonchev–Trinajstić information content (AvgIpc) is 3.35. The predicted molar refractivity (Wildman–Crippen MR) is 169 cm³/mol. The van der Waals surface area contributed by atoms with Crippen molar-refractivity contribution in [1.82, 2.24) is 14.8 Å². The Hall–Kier alpha value is -3.75. The smallest absolute Gasteiger partial charge is 0.406 e. The number of benzene rings is 2. The van der Waals surface area contributed by atoms with Crippen molar-refractivity contribution in [2.45, 2.75) is 53.4 Å². The van der Waals surface area contributed by atoms with Gasteiger partial charge >= 0.3 is 17.6 Å². The van der Waals surface area contributed by atoms with E-state index in [0.29, 0.717) is 22.2 Å².